The van der Waals surface area contributed by atoms with E-state index < -0.39 is 0 Å². The van der Waals surface area contributed by atoms with E-state index in [2.05, 4.69) is 15.3 Å². The van der Waals surface area contributed by atoms with Crippen LogP contribution in [0.1, 0.15) is 19.8 Å². The van der Waals surface area contributed by atoms with Gasteiger partial charge in [0, 0.05) is 17.4 Å². The summed E-state index contributed by atoms with van der Waals surface area (Å²) in [5.74, 6) is 0.458. The Morgan fingerprint density at radius 3 is 2.84 bits per heavy atom. The van der Waals surface area contributed by atoms with Crippen LogP contribution in [0.2, 0.25) is 0 Å². The Balaban J connectivity index is 2.04. The van der Waals surface area contributed by atoms with E-state index in [1.165, 1.54) is 4.57 Å². The third-order valence-electron chi connectivity index (χ3n) is 4.10. The smallest absolute Gasteiger partial charge is 0.279 e. The molecule has 3 aromatic rings. The Morgan fingerprint density at radius 1 is 1.32 bits per heavy atom. The molecule has 0 unspecified atom stereocenters. The van der Waals surface area contributed by atoms with Gasteiger partial charge in [0.2, 0.25) is 5.91 Å². The summed E-state index contributed by atoms with van der Waals surface area (Å²) < 4.78 is 6.72. The zero-order valence-electron chi connectivity index (χ0n) is 14.1. The lowest BCUT2D eigenvalue weighted by molar-refractivity contribution is -0.121. The normalized spacial score (nSPS) is 11.1. The van der Waals surface area contributed by atoms with Gasteiger partial charge >= 0.3 is 0 Å². The van der Waals surface area contributed by atoms with E-state index >= 15 is 0 Å². The van der Waals surface area contributed by atoms with Gasteiger partial charge in [0.15, 0.2) is 4.77 Å². The van der Waals surface area contributed by atoms with Crippen molar-refractivity contribution in [2.24, 2.45) is 0 Å². The van der Waals surface area contributed by atoms with Gasteiger partial charge in [-0.05, 0) is 36.8 Å². The van der Waals surface area contributed by atoms with Crippen LogP contribution in [-0.4, -0.2) is 34.1 Å². The molecule has 1 amide bonds. The zero-order valence-corrected chi connectivity index (χ0v) is 15.0. The van der Waals surface area contributed by atoms with Crippen LogP contribution >= 0.6 is 12.2 Å². The fourth-order valence-electron chi connectivity index (χ4n) is 2.74. The third kappa shape index (κ3) is 3.30. The molecular formula is C17H20N4O3S. The summed E-state index contributed by atoms with van der Waals surface area (Å²) in [5, 5.41) is 3.61. The SMILES string of the molecule is CCCCNC(=O)Cn1c(=S)[nH]c2c([nH]c3ccc(OC)cc32)c1=O. The number of unbranched alkanes of at least 4 members (excludes halogenated alkanes) is 1. The molecule has 0 aliphatic heterocycles. The molecule has 1 aromatic carbocycles. The quantitative estimate of drug-likeness (QED) is 0.465. The first-order chi connectivity index (χ1) is 12.0. The molecule has 7 nitrogen and oxygen atoms in total. The van der Waals surface area contributed by atoms with E-state index in [-0.39, 0.29) is 22.8 Å². The number of H-pyrrole nitrogens is 2. The van der Waals surface area contributed by atoms with Crippen LogP contribution in [0.4, 0.5) is 0 Å². The van der Waals surface area contributed by atoms with Crippen LogP contribution in [0.5, 0.6) is 5.75 Å². The second-order valence-corrected chi connectivity index (χ2v) is 6.20. The van der Waals surface area contributed by atoms with Crippen LogP contribution in [0.25, 0.3) is 21.9 Å². The van der Waals surface area contributed by atoms with Gasteiger partial charge < -0.3 is 20.0 Å². The summed E-state index contributed by atoms with van der Waals surface area (Å²) in [4.78, 5) is 30.9. The number of ether oxygens (including phenoxy) is 1. The summed E-state index contributed by atoms with van der Waals surface area (Å²) >= 11 is 5.29. The number of rotatable bonds is 6. The third-order valence-corrected chi connectivity index (χ3v) is 4.42. The number of carbonyl (C=O) groups excluding carboxylic acids is 1. The van der Waals surface area contributed by atoms with Crippen LogP contribution in [0, 0.1) is 4.77 Å². The van der Waals surface area contributed by atoms with Gasteiger partial charge in [0.05, 0.1) is 12.6 Å². The van der Waals surface area contributed by atoms with Crippen molar-refractivity contribution in [1.82, 2.24) is 19.9 Å². The number of fused-ring (bicyclic) bond motifs is 3. The van der Waals surface area contributed by atoms with Crippen molar-refractivity contribution < 1.29 is 9.53 Å². The molecule has 0 fully saturated rings. The van der Waals surface area contributed by atoms with Gasteiger partial charge in [-0.2, -0.15) is 0 Å². The lowest BCUT2D eigenvalue weighted by Gasteiger charge is -2.07. The average Bonchev–Trinajstić information content (AvgIpc) is 2.96. The minimum atomic E-state index is -0.320. The number of methoxy groups -OCH3 is 1. The fraction of sp³-hybridized carbons (Fsp3) is 0.353. The second-order valence-electron chi connectivity index (χ2n) is 5.81. The van der Waals surface area contributed by atoms with Crippen molar-refractivity contribution in [3.05, 3.63) is 33.3 Å². The Bertz CT molecular complexity index is 1050. The van der Waals surface area contributed by atoms with E-state index in [0.29, 0.717) is 23.3 Å². The maximum absolute atomic E-state index is 12.8. The van der Waals surface area contributed by atoms with Crippen LogP contribution in [0.15, 0.2) is 23.0 Å². The predicted molar refractivity (Wildman–Crippen MR) is 99.7 cm³/mol. The molecule has 0 aliphatic carbocycles. The number of carbonyl (C=O) groups is 1. The average molecular weight is 360 g/mol. The number of benzene rings is 1. The van der Waals surface area contributed by atoms with E-state index in [4.69, 9.17) is 17.0 Å². The van der Waals surface area contributed by atoms with Crippen molar-refractivity contribution in [2.75, 3.05) is 13.7 Å². The molecule has 0 radical (unpaired) electrons. The highest BCUT2D eigenvalue weighted by molar-refractivity contribution is 7.71. The van der Waals surface area contributed by atoms with Gasteiger partial charge in [0.1, 0.15) is 17.8 Å². The predicted octanol–water partition coefficient (Wildman–Crippen LogP) is 2.47. The van der Waals surface area contributed by atoms with Crippen LogP contribution in [-0.2, 0) is 11.3 Å². The van der Waals surface area contributed by atoms with Crippen LogP contribution in [0.3, 0.4) is 0 Å². The highest BCUT2D eigenvalue weighted by Gasteiger charge is 2.14. The lowest BCUT2D eigenvalue weighted by Crippen LogP contribution is -2.33. The molecule has 8 heteroatoms. The minimum absolute atomic E-state index is 0.105. The Morgan fingerprint density at radius 2 is 2.12 bits per heavy atom. The molecular weight excluding hydrogens is 340 g/mol. The van der Waals surface area contributed by atoms with Crippen molar-refractivity contribution in [3.63, 3.8) is 0 Å². The molecule has 25 heavy (non-hydrogen) atoms. The summed E-state index contributed by atoms with van der Waals surface area (Å²) in [5.41, 5.74) is 1.48. The van der Waals surface area contributed by atoms with Gasteiger partial charge in [-0.1, -0.05) is 13.3 Å². The monoisotopic (exact) mass is 360 g/mol. The maximum atomic E-state index is 12.8. The maximum Gasteiger partial charge on any atom is 0.279 e. The Hall–Kier alpha value is -2.61. The highest BCUT2D eigenvalue weighted by atomic mass is 32.1. The Labute approximate surface area is 149 Å². The molecule has 132 valence electrons. The molecule has 0 bridgehead atoms. The topological polar surface area (TPSA) is 91.9 Å². The molecule has 0 saturated carbocycles. The molecule has 2 aromatic heterocycles. The summed E-state index contributed by atoms with van der Waals surface area (Å²) in [6.07, 6.45) is 1.89. The summed E-state index contributed by atoms with van der Waals surface area (Å²) in [7, 11) is 1.59. The molecule has 0 spiro atoms. The summed E-state index contributed by atoms with van der Waals surface area (Å²) in [6.45, 7) is 2.54. The first-order valence-electron chi connectivity index (χ1n) is 8.14. The Kier molecular flexibility index (Phi) is 4.89. The number of nitrogens with zero attached hydrogens (tertiary/aromatic N) is 1. The summed E-state index contributed by atoms with van der Waals surface area (Å²) in [6, 6.07) is 5.49. The molecule has 2 heterocycles. The zero-order chi connectivity index (χ0) is 18.0. The molecule has 0 saturated heterocycles. The number of nitrogens with one attached hydrogen (secondary N) is 3. The molecule has 0 aliphatic rings. The van der Waals surface area contributed by atoms with Crippen LogP contribution < -0.4 is 15.6 Å². The largest absolute Gasteiger partial charge is 0.497 e. The number of amides is 1. The first-order valence-corrected chi connectivity index (χ1v) is 8.55. The van der Waals surface area contributed by atoms with Gasteiger partial charge in [-0.15, -0.1) is 0 Å². The lowest BCUT2D eigenvalue weighted by atomic mass is 10.2. The number of hydrogen-bond donors (Lipinski definition) is 3. The second kappa shape index (κ2) is 7.10. The minimum Gasteiger partial charge on any atom is -0.497 e. The van der Waals surface area contributed by atoms with E-state index in [9.17, 15) is 9.59 Å². The number of aromatic amines is 2. The van der Waals surface area contributed by atoms with Crippen molar-refractivity contribution >= 4 is 40.1 Å². The number of aromatic nitrogens is 3. The van der Waals surface area contributed by atoms with E-state index in [1.54, 1.807) is 7.11 Å². The molecule has 3 N–H and O–H groups in total. The van der Waals surface area contributed by atoms with E-state index in [0.717, 1.165) is 23.7 Å². The van der Waals surface area contributed by atoms with Gasteiger partial charge in [-0.3, -0.25) is 14.2 Å². The van der Waals surface area contributed by atoms with Gasteiger partial charge in [0.25, 0.3) is 5.56 Å². The number of hydrogen-bond acceptors (Lipinski definition) is 4. The fourth-order valence-corrected chi connectivity index (χ4v) is 2.99. The first kappa shape index (κ1) is 17.2. The highest BCUT2D eigenvalue weighted by Crippen LogP contribution is 2.25. The standard InChI is InChI=1S/C17H20N4O3S/c1-3-4-7-18-13(22)9-21-16(23)15-14(20-17(21)25)11-8-10(24-2)5-6-12(11)19-15/h5-6,8,19H,3-4,7,9H2,1-2H3,(H,18,22)(H,20,25). The van der Waals surface area contributed by atoms with Crippen molar-refractivity contribution in [2.45, 2.75) is 26.3 Å². The van der Waals surface area contributed by atoms with E-state index in [1.807, 2.05) is 25.1 Å². The molecule has 0 atom stereocenters. The van der Waals surface area contributed by atoms with Crippen molar-refractivity contribution in [1.29, 1.82) is 0 Å². The van der Waals surface area contributed by atoms with Gasteiger partial charge in [-0.25, -0.2) is 0 Å². The van der Waals surface area contributed by atoms with Crippen molar-refractivity contribution in [3.8, 4) is 5.75 Å². The molecule has 3 rings (SSSR count).